The van der Waals surface area contributed by atoms with Crippen molar-refractivity contribution in [3.05, 3.63) is 48.6 Å². The smallest absolute Gasteiger partial charge is 0.462 e. The van der Waals surface area contributed by atoms with Crippen LogP contribution in [0.4, 0.5) is 0 Å². The van der Waals surface area contributed by atoms with Gasteiger partial charge in [-0.2, -0.15) is 0 Å². The molecule has 0 fully saturated rings. The van der Waals surface area contributed by atoms with Gasteiger partial charge in [0.25, 0.3) is 0 Å². The fourth-order valence-corrected chi connectivity index (χ4v) is 10.6. The first-order valence-electron chi connectivity index (χ1n) is 33.1. The van der Waals surface area contributed by atoms with Gasteiger partial charge in [0.2, 0.25) is 0 Å². The van der Waals surface area contributed by atoms with Gasteiger partial charge in [-0.05, 0) is 51.4 Å². The van der Waals surface area contributed by atoms with E-state index in [1.165, 1.54) is 244 Å². The molecule has 0 aliphatic heterocycles. The minimum Gasteiger partial charge on any atom is -0.462 e. The van der Waals surface area contributed by atoms with Gasteiger partial charge in [-0.1, -0.05) is 319 Å². The molecule has 0 spiro atoms. The fourth-order valence-electron chi connectivity index (χ4n) is 9.87. The Morgan fingerprint density at radius 3 is 1.06 bits per heavy atom. The number of allylic oxidation sites excluding steroid dienone is 8. The van der Waals surface area contributed by atoms with E-state index in [0.29, 0.717) is 6.42 Å². The molecule has 0 bridgehead atoms. The van der Waals surface area contributed by atoms with Crippen LogP contribution in [0.1, 0.15) is 335 Å². The summed E-state index contributed by atoms with van der Waals surface area (Å²) in [5, 5.41) is 0. The lowest BCUT2D eigenvalue weighted by molar-refractivity contribution is -0.161. The molecular weight excluding hydrogens is 978 g/mol. The third-order valence-electron chi connectivity index (χ3n) is 14.7. The first-order valence-corrected chi connectivity index (χ1v) is 34.6. The second-order valence-corrected chi connectivity index (χ2v) is 23.8. The second kappa shape index (κ2) is 63.2. The Morgan fingerprint density at radius 2 is 0.714 bits per heavy atom. The molecule has 0 aliphatic rings. The number of esters is 2. The average Bonchev–Trinajstić information content (AvgIpc) is 3.42. The van der Waals surface area contributed by atoms with Crippen LogP contribution in [0.3, 0.4) is 0 Å². The van der Waals surface area contributed by atoms with Crippen molar-refractivity contribution in [1.82, 2.24) is 0 Å². The number of phosphoric ester groups is 1. The summed E-state index contributed by atoms with van der Waals surface area (Å²) in [6.07, 6.45) is 79.2. The van der Waals surface area contributed by atoms with Crippen LogP contribution in [0.15, 0.2) is 48.6 Å². The summed E-state index contributed by atoms with van der Waals surface area (Å²) < 4.78 is 33.1. The molecule has 0 radical (unpaired) electrons. The molecule has 3 N–H and O–H groups in total. The Labute approximate surface area is 477 Å². The number of carbonyl (C=O) groups excluding carboxylic acids is 2. The summed E-state index contributed by atoms with van der Waals surface area (Å²) in [6, 6.07) is 0. The van der Waals surface area contributed by atoms with E-state index in [-0.39, 0.29) is 38.6 Å². The van der Waals surface area contributed by atoms with Gasteiger partial charge in [-0.3, -0.25) is 18.6 Å². The largest absolute Gasteiger partial charge is 0.472 e. The van der Waals surface area contributed by atoms with Gasteiger partial charge in [-0.25, -0.2) is 4.57 Å². The number of phosphoric acid groups is 1. The molecule has 0 amide bonds. The molecule has 0 heterocycles. The Kier molecular flexibility index (Phi) is 61.5. The average molecular weight is 1100 g/mol. The number of hydrogen-bond donors (Lipinski definition) is 2. The maximum atomic E-state index is 12.7. The van der Waals surface area contributed by atoms with E-state index < -0.39 is 26.5 Å². The maximum absolute atomic E-state index is 12.7. The molecule has 77 heavy (non-hydrogen) atoms. The summed E-state index contributed by atoms with van der Waals surface area (Å²) in [5.74, 6) is -0.806. The number of nitrogens with two attached hydrogens (primary N) is 1. The van der Waals surface area contributed by atoms with Gasteiger partial charge in [0.15, 0.2) is 6.10 Å². The van der Waals surface area contributed by atoms with Gasteiger partial charge in [0.05, 0.1) is 13.2 Å². The maximum Gasteiger partial charge on any atom is 0.472 e. The van der Waals surface area contributed by atoms with Crippen molar-refractivity contribution >= 4 is 19.8 Å². The van der Waals surface area contributed by atoms with Crippen LogP contribution in [0.5, 0.6) is 0 Å². The van der Waals surface area contributed by atoms with Crippen LogP contribution in [0.2, 0.25) is 0 Å². The van der Waals surface area contributed by atoms with Gasteiger partial charge in [0, 0.05) is 19.4 Å². The number of rotatable bonds is 63. The van der Waals surface area contributed by atoms with Crippen LogP contribution in [-0.2, 0) is 32.7 Å². The zero-order chi connectivity index (χ0) is 55.9. The summed E-state index contributed by atoms with van der Waals surface area (Å²) in [7, 11) is -4.39. The molecule has 0 saturated carbocycles. The van der Waals surface area contributed by atoms with Crippen molar-refractivity contribution in [1.29, 1.82) is 0 Å². The van der Waals surface area contributed by atoms with Gasteiger partial charge < -0.3 is 20.1 Å². The topological polar surface area (TPSA) is 134 Å². The number of unbranched alkanes of at least 4 members (excludes halogenated alkanes) is 42. The fraction of sp³-hybridized carbons (Fsp3) is 0.851. The van der Waals surface area contributed by atoms with E-state index in [4.69, 9.17) is 24.3 Å². The lowest BCUT2D eigenvalue weighted by Gasteiger charge is -2.19. The highest BCUT2D eigenvalue weighted by atomic mass is 31.2. The highest BCUT2D eigenvalue weighted by molar-refractivity contribution is 7.47. The number of carbonyl (C=O) groups is 2. The quantitative estimate of drug-likeness (QED) is 0.0264. The molecule has 10 heteroatoms. The molecule has 0 aliphatic carbocycles. The Hall–Kier alpha value is -2.03. The molecule has 0 saturated heterocycles. The van der Waals surface area contributed by atoms with Crippen LogP contribution >= 0.6 is 7.82 Å². The SMILES string of the molecule is CC/C=C\C/C=C\C/C=C\C/C=C\CCCCCCCCCCCCCCCCCCCCCCCCCCC(=O)OC(COC(=O)CCCCCCCCCCCCCCCCCCCCC)COP(=O)(O)OCCN. The Morgan fingerprint density at radius 1 is 0.403 bits per heavy atom. The summed E-state index contributed by atoms with van der Waals surface area (Å²) >= 11 is 0. The molecule has 0 aromatic heterocycles. The van der Waals surface area contributed by atoms with Crippen molar-refractivity contribution in [3.8, 4) is 0 Å². The van der Waals surface area contributed by atoms with Crippen LogP contribution < -0.4 is 5.73 Å². The predicted molar refractivity (Wildman–Crippen MR) is 330 cm³/mol. The standard InChI is InChI=1S/C67H126NO8P/c1-3-5-7-9-11-13-15-17-19-21-23-24-25-26-27-28-29-30-31-32-33-34-35-36-37-38-39-40-42-44-46-48-50-52-54-56-58-60-67(70)76-65(64-75-77(71,72)74-62-61-68)63-73-66(69)59-57-55-53-51-49-47-45-43-41-22-20-18-16-14-12-10-8-6-4-2/h5,7,11,13,17,19,23-24,65H,3-4,6,8-10,12,14-16,18,20-22,25-64,68H2,1-2H3,(H,71,72)/b7-5-,13-11-,19-17-,24-23-. The van der Waals surface area contributed by atoms with Crippen molar-refractivity contribution in [2.24, 2.45) is 5.73 Å². The van der Waals surface area contributed by atoms with E-state index in [1.807, 2.05) is 0 Å². The zero-order valence-corrected chi connectivity index (χ0v) is 51.6. The number of ether oxygens (including phenoxy) is 2. The van der Waals surface area contributed by atoms with Crippen molar-refractivity contribution in [3.63, 3.8) is 0 Å². The van der Waals surface area contributed by atoms with E-state index in [0.717, 1.165) is 57.8 Å². The first kappa shape index (κ1) is 75.0. The molecule has 9 nitrogen and oxygen atoms in total. The molecule has 2 atom stereocenters. The van der Waals surface area contributed by atoms with E-state index in [2.05, 4.69) is 62.5 Å². The molecule has 0 rings (SSSR count). The summed E-state index contributed by atoms with van der Waals surface area (Å²) in [5.41, 5.74) is 5.39. The molecule has 452 valence electrons. The number of hydrogen-bond acceptors (Lipinski definition) is 8. The van der Waals surface area contributed by atoms with Crippen LogP contribution in [0, 0.1) is 0 Å². The molecule has 2 unspecified atom stereocenters. The van der Waals surface area contributed by atoms with E-state index >= 15 is 0 Å². The first-order chi connectivity index (χ1) is 37.8. The second-order valence-electron chi connectivity index (χ2n) is 22.3. The van der Waals surface area contributed by atoms with Crippen LogP contribution in [0.25, 0.3) is 0 Å². The normalized spacial score (nSPS) is 13.2. The minimum atomic E-state index is -4.39. The van der Waals surface area contributed by atoms with Crippen molar-refractivity contribution < 1.29 is 37.6 Å². The Bertz CT molecular complexity index is 1400. The molecule has 0 aromatic rings. The Balaban J connectivity index is 3.79. The monoisotopic (exact) mass is 1100 g/mol. The van der Waals surface area contributed by atoms with Gasteiger partial charge >= 0.3 is 19.8 Å². The van der Waals surface area contributed by atoms with Crippen molar-refractivity contribution in [2.75, 3.05) is 26.4 Å². The molecular formula is C67H126NO8P. The van der Waals surface area contributed by atoms with E-state index in [9.17, 15) is 19.0 Å². The minimum absolute atomic E-state index is 0.0563. The van der Waals surface area contributed by atoms with Gasteiger partial charge in [0.1, 0.15) is 6.61 Å². The third-order valence-corrected chi connectivity index (χ3v) is 15.7. The lowest BCUT2D eigenvalue weighted by Crippen LogP contribution is -2.29. The third kappa shape index (κ3) is 63.0. The van der Waals surface area contributed by atoms with E-state index in [1.54, 1.807) is 0 Å². The lowest BCUT2D eigenvalue weighted by atomic mass is 10.0. The summed E-state index contributed by atoms with van der Waals surface area (Å²) in [6.45, 7) is 3.70. The van der Waals surface area contributed by atoms with Crippen molar-refractivity contribution in [2.45, 2.75) is 341 Å². The van der Waals surface area contributed by atoms with Crippen LogP contribution in [-0.4, -0.2) is 49.3 Å². The summed E-state index contributed by atoms with van der Waals surface area (Å²) in [4.78, 5) is 35.3. The predicted octanol–water partition coefficient (Wildman–Crippen LogP) is 21.3. The highest BCUT2D eigenvalue weighted by Gasteiger charge is 2.26. The highest BCUT2D eigenvalue weighted by Crippen LogP contribution is 2.43. The van der Waals surface area contributed by atoms with Gasteiger partial charge in [-0.15, -0.1) is 0 Å². The molecule has 0 aromatic carbocycles. The zero-order valence-electron chi connectivity index (χ0n) is 50.7.